The summed E-state index contributed by atoms with van der Waals surface area (Å²) in [5.74, 6) is 0. The lowest BCUT2D eigenvalue weighted by molar-refractivity contribution is 0.480. The third kappa shape index (κ3) is 0.772. The van der Waals surface area contributed by atoms with Crippen LogP contribution in [-0.4, -0.2) is 18.5 Å². The maximum Gasteiger partial charge on any atom is 0.0353 e. The molecule has 2 aliphatic rings. The second kappa shape index (κ2) is 2.15. The third-order valence-corrected chi connectivity index (χ3v) is 2.35. The molecule has 0 unspecified atom stereocenters. The average molecular weight is 135 g/mol. The van der Waals surface area contributed by atoms with Crippen LogP contribution in [0.25, 0.3) is 0 Å². The summed E-state index contributed by atoms with van der Waals surface area (Å²) in [4.78, 5) is 2.35. The predicted molar refractivity (Wildman–Crippen MR) is 42.6 cm³/mol. The Morgan fingerprint density at radius 3 is 2.90 bits per heavy atom. The molecule has 1 nitrogen and oxygen atoms in total. The van der Waals surface area contributed by atoms with E-state index in [0.717, 1.165) is 0 Å². The number of rotatable bonds is 0. The lowest BCUT2D eigenvalue weighted by Gasteiger charge is -2.15. The molecular weight excluding hydrogens is 122 g/mol. The Bertz CT molecular complexity index is 201. The fraction of sp³-hybridized carbons (Fsp3) is 0.556. The Morgan fingerprint density at radius 1 is 1.30 bits per heavy atom. The van der Waals surface area contributed by atoms with E-state index < -0.39 is 0 Å². The maximum atomic E-state index is 2.39. The predicted octanol–water partition coefficient (Wildman–Crippen LogP) is 1.93. The lowest BCUT2D eigenvalue weighted by atomic mass is 10.0. The molecule has 0 aromatic carbocycles. The maximum absolute atomic E-state index is 2.39. The van der Waals surface area contributed by atoms with E-state index in [9.17, 15) is 0 Å². The number of nitrogens with zero attached hydrogens (tertiary/aromatic N) is 1. The highest BCUT2D eigenvalue weighted by Crippen LogP contribution is 2.29. The van der Waals surface area contributed by atoms with E-state index in [1.165, 1.54) is 31.5 Å². The van der Waals surface area contributed by atoms with Crippen molar-refractivity contribution in [2.24, 2.45) is 0 Å². The van der Waals surface area contributed by atoms with Crippen LogP contribution >= 0.6 is 0 Å². The van der Waals surface area contributed by atoms with Gasteiger partial charge in [-0.1, -0.05) is 12.2 Å². The van der Waals surface area contributed by atoms with E-state index >= 15 is 0 Å². The van der Waals surface area contributed by atoms with Gasteiger partial charge in [0, 0.05) is 19.3 Å². The molecule has 0 atom stereocenters. The van der Waals surface area contributed by atoms with Gasteiger partial charge in [-0.3, -0.25) is 0 Å². The number of likely N-dealkylation sites (N-methyl/N-ethyl adjacent to an activating group) is 1. The standard InChI is InChI=1S/C9H13N/c1-10-7-6-8-4-2-3-5-9(8)10/h4-5H,2-3,6-7H2,1H3. The molecule has 1 aliphatic carbocycles. The van der Waals surface area contributed by atoms with E-state index in [1.807, 2.05) is 0 Å². The molecule has 2 rings (SSSR count). The van der Waals surface area contributed by atoms with E-state index in [0.29, 0.717) is 0 Å². The zero-order valence-corrected chi connectivity index (χ0v) is 6.43. The molecule has 0 aromatic rings. The normalized spacial score (nSPS) is 23.9. The summed E-state index contributed by atoms with van der Waals surface area (Å²) < 4.78 is 0. The average Bonchev–Trinajstić information content (AvgIpc) is 2.34. The van der Waals surface area contributed by atoms with Crippen molar-refractivity contribution in [3.63, 3.8) is 0 Å². The van der Waals surface area contributed by atoms with Gasteiger partial charge in [-0.2, -0.15) is 0 Å². The monoisotopic (exact) mass is 135 g/mol. The molecule has 0 spiro atoms. The molecule has 1 aliphatic heterocycles. The first-order valence-corrected chi connectivity index (χ1v) is 3.98. The van der Waals surface area contributed by atoms with Gasteiger partial charge >= 0.3 is 0 Å². The van der Waals surface area contributed by atoms with Gasteiger partial charge in [-0.15, -0.1) is 0 Å². The summed E-state index contributed by atoms with van der Waals surface area (Å²) in [6.07, 6.45) is 8.51. The number of likely N-dealkylation sites (tertiary alicyclic amines) is 1. The summed E-state index contributed by atoms with van der Waals surface area (Å²) in [5, 5.41) is 0. The van der Waals surface area contributed by atoms with Crippen LogP contribution in [0.1, 0.15) is 19.3 Å². The Hall–Kier alpha value is -0.720. The van der Waals surface area contributed by atoms with Crippen LogP contribution in [0.2, 0.25) is 0 Å². The van der Waals surface area contributed by atoms with Crippen LogP contribution in [-0.2, 0) is 0 Å². The molecule has 10 heavy (non-hydrogen) atoms. The highest BCUT2D eigenvalue weighted by molar-refractivity contribution is 5.36. The second-order valence-electron chi connectivity index (χ2n) is 3.07. The Balaban J connectivity index is 2.31. The Labute approximate surface area is 62.0 Å². The molecule has 1 saturated heterocycles. The third-order valence-electron chi connectivity index (χ3n) is 2.35. The lowest BCUT2D eigenvalue weighted by Crippen LogP contribution is -2.10. The molecule has 1 fully saturated rings. The fourth-order valence-electron chi connectivity index (χ4n) is 1.75. The highest BCUT2D eigenvalue weighted by atomic mass is 15.1. The van der Waals surface area contributed by atoms with Crippen molar-refractivity contribution in [1.29, 1.82) is 0 Å². The van der Waals surface area contributed by atoms with Crippen LogP contribution in [0.5, 0.6) is 0 Å². The zero-order chi connectivity index (χ0) is 6.97. The van der Waals surface area contributed by atoms with Crippen molar-refractivity contribution >= 4 is 0 Å². The first-order chi connectivity index (χ1) is 4.88. The number of fused-ring (bicyclic) bond motifs is 1. The molecule has 0 radical (unpaired) electrons. The highest BCUT2D eigenvalue weighted by Gasteiger charge is 2.19. The van der Waals surface area contributed by atoms with Gasteiger partial charge in [0.15, 0.2) is 0 Å². The molecule has 0 aromatic heterocycles. The SMILES string of the molecule is CN1CCC2=CCCC=C21. The Kier molecular flexibility index (Phi) is 1.30. The van der Waals surface area contributed by atoms with Gasteiger partial charge in [0.2, 0.25) is 0 Å². The van der Waals surface area contributed by atoms with E-state index in [-0.39, 0.29) is 0 Å². The van der Waals surface area contributed by atoms with Crippen molar-refractivity contribution in [2.45, 2.75) is 19.3 Å². The number of allylic oxidation sites excluding steroid dienone is 3. The van der Waals surface area contributed by atoms with Crippen LogP contribution in [0.4, 0.5) is 0 Å². The molecule has 0 N–H and O–H groups in total. The van der Waals surface area contributed by atoms with Gasteiger partial charge in [-0.25, -0.2) is 0 Å². The largest absolute Gasteiger partial charge is 0.374 e. The summed E-state index contributed by atoms with van der Waals surface area (Å²) >= 11 is 0. The summed E-state index contributed by atoms with van der Waals surface area (Å²) in [6, 6.07) is 0. The molecular formula is C9H13N. The molecule has 0 saturated carbocycles. The smallest absolute Gasteiger partial charge is 0.0353 e. The van der Waals surface area contributed by atoms with Gasteiger partial charge < -0.3 is 4.90 Å². The summed E-state index contributed by atoms with van der Waals surface area (Å²) in [7, 11) is 2.18. The minimum Gasteiger partial charge on any atom is -0.374 e. The summed E-state index contributed by atoms with van der Waals surface area (Å²) in [6.45, 7) is 1.22. The van der Waals surface area contributed by atoms with Crippen molar-refractivity contribution in [3.05, 3.63) is 23.4 Å². The molecule has 1 heterocycles. The van der Waals surface area contributed by atoms with E-state index in [4.69, 9.17) is 0 Å². The molecule has 54 valence electrons. The summed E-state index contributed by atoms with van der Waals surface area (Å²) in [5.41, 5.74) is 3.07. The van der Waals surface area contributed by atoms with Crippen molar-refractivity contribution in [1.82, 2.24) is 4.90 Å². The molecule has 0 bridgehead atoms. The fourth-order valence-corrected chi connectivity index (χ4v) is 1.75. The zero-order valence-electron chi connectivity index (χ0n) is 6.43. The van der Waals surface area contributed by atoms with Gasteiger partial charge in [0.25, 0.3) is 0 Å². The van der Waals surface area contributed by atoms with Crippen LogP contribution in [0.3, 0.4) is 0 Å². The first kappa shape index (κ1) is 6.02. The second-order valence-corrected chi connectivity index (χ2v) is 3.07. The van der Waals surface area contributed by atoms with E-state index in [1.54, 1.807) is 5.57 Å². The molecule has 1 heteroatoms. The van der Waals surface area contributed by atoms with Crippen LogP contribution < -0.4 is 0 Å². The quantitative estimate of drug-likeness (QED) is 0.490. The van der Waals surface area contributed by atoms with Gasteiger partial charge in [0.1, 0.15) is 0 Å². The van der Waals surface area contributed by atoms with E-state index in [2.05, 4.69) is 24.1 Å². The van der Waals surface area contributed by atoms with Crippen molar-refractivity contribution < 1.29 is 0 Å². The van der Waals surface area contributed by atoms with Gasteiger partial charge in [-0.05, 0) is 24.8 Å². The van der Waals surface area contributed by atoms with Crippen LogP contribution in [0, 0.1) is 0 Å². The Morgan fingerprint density at radius 2 is 2.10 bits per heavy atom. The minimum atomic E-state index is 1.22. The van der Waals surface area contributed by atoms with Crippen molar-refractivity contribution in [3.8, 4) is 0 Å². The number of hydrogen-bond donors (Lipinski definition) is 0. The molecule has 0 amide bonds. The number of hydrogen-bond acceptors (Lipinski definition) is 1. The van der Waals surface area contributed by atoms with Crippen LogP contribution in [0.15, 0.2) is 23.4 Å². The van der Waals surface area contributed by atoms with Crippen molar-refractivity contribution in [2.75, 3.05) is 13.6 Å². The van der Waals surface area contributed by atoms with Gasteiger partial charge in [0.05, 0.1) is 0 Å². The topological polar surface area (TPSA) is 3.24 Å². The minimum absolute atomic E-state index is 1.22. The first-order valence-electron chi connectivity index (χ1n) is 3.98.